The van der Waals surface area contributed by atoms with E-state index in [1.165, 1.54) is 0 Å². The first-order chi connectivity index (χ1) is 7.09. The molecule has 1 aromatic heterocycles. The van der Waals surface area contributed by atoms with Gasteiger partial charge in [-0.15, -0.1) is 0 Å². The molecule has 0 aliphatic rings. The van der Waals surface area contributed by atoms with Gasteiger partial charge in [-0.25, -0.2) is 13.2 Å². The molecular formula is C9H5F3N2O. The number of hydrogen-bond acceptors (Lipinski definition) is 2. The summed E-state index contributed by atoms with van der Waals surface area (Å²) in [5, 5.41) is 5.54. The maximum atomic E-state index is 12.9. The van der Waals surface area contributed by atoms with Crippen molar-refractivity contribution in [3.05, 3.63) is 39.9 Å². The minimum absolute atomic E-state index is 0.125. The molecule has 0 atom stereocenters. The van der Waals surface area contributed by atoms with Crippen LogP contribution in [0.4, 0.5) is 13.2 Å². The minimum atomic E-state index is -2.86. The van der Waals surface area contributed by atoms with Gasteiger partial charge in [0.05, 0.1) is 17.1 Å². The first-order valence-electron chi connectivity index (χ1n) is 4.04. The highest BCUT2D eigenvalue weighted by molar-refractivity contribution is 5.81. The predicted molar refractivity (Wildman–Crippen MR) is 47.3 cm³/mol. The molecule has 15 heavy (non-hydrogen) atoms. The number of nitrogens with zero attached hydrogens (tertiary/aromatic N) is 1. The summed E-state index contributed by atoms with van der Waals surface area (Å²) in [5.41, 5.74) is -1.28. The molecule has 1 heterocycles. The summed E-state index contributed by atoms with van der Waals surface area (Å²) >= 11 is 0. The number of alkyl halides is 2. The fourth-order valence-corrected chi connectivity index (χ4v) is 1.34. The van der Waals surface area contributed by atoms with E-state index < -0.39 is 23.2 Å². The van der Waals surface area contributed by atoms with Gasteiger partial charge in [0.1, 0.15) is 5.82 Å². The Hall–Kier alpha value is -1.85. The maximum absolute atomic E-state index is 12.9. The second-order valence-electron chi connectivity index (χ2n) is 2.95. The van der Waals surface area contributed by atoms with Crippen LogP contribution in [0.5, 0.6) is 0 Å². The van der Waals surface area contributed by atoms with Gasteiger partial charge in [0.15, 0.2) is 0 Å². The molecule has 0 spiro atoms. The number of fused-ring (bicyclic) bond motifs is 1. The van der Waals surface area contributed by atoms with Crippen LogP contribution in [-0.4, -0.2) is 10.2 Å². The molecule has 0 aliphatic heterocycles. The molecule has 0 saturated heterocycles. The largest absolute Gasteiger partial charge is 0.287 e. The van der Waals surface area contributed by atoms with E-state index in [9.17, 15) is 18.0 Å². The first-order valence-corrected chi connectivity index (χ1v) is 4.04. The highest BCUT2D eigenvalue weighted by atomic mass is 19.3. The second-order valence-corrected chi connectivity index (χ2v) is 2.95. The average Bonchev–Trinajstić information content (AvgIpc) is 2.18. The highest BCUT2D eigenvalue weighted by Crippen LogP contribution is 2.25. The van der Waals surface area contributed by atoms with Crippen molar-refractivity contribution in [2.75, 3.05) is 0 Å². The van der Waals surface area contributed by atoms with Crippen LogP contribution in [0.15, 0.2) is 23.1 Å². The monoisotopic (exact) mass is 214 g/mol. The Labute approximate surface area is 81.5 Å². The summed E-state index contributed by atoms with van der Waals surface area (Å²) in [7, 11) is 0. The molecule has 0 unspecified atom stereocenters. The standard InChI is InChI=1S/C9H5F3N2O/c10-4-1-5-7(15)3-13-14-8(5)6(2-4)9(11)12/h1-3,9H,(H,14,15). The Morgan fingerprint density at radius 2 is 2.07 bits per heavy atom. The number of benzene rings is 1. The fraction of sp³-hybridized carbons (Fsp3) is 0.111. The van der Waals surface area contributed by atoms with Gasteiger partial charge in [-0.3, -0.25) is 9.89 Å². The average molecular weight is 214 g/mol. The van der Waals surface area contributed by atoms with Gasteiger partial charge in [-0.1, -0.05) is 0 Å². The minimum Gasteiger partial charge on any atom is -0.287 e. The van der Waals surface area contributed by atoms with E-state index in [-0.39, 0.29) is 10.9 Å². The van der Waals surface area contributed by atoms with Gasteiger partial charge in [0.2, 0.25) is 5.43 Å². The van der Waals surface area contributed by atoms with Crippen molar-refractivity contribution >= 4 is 10.9 Å². The van der Waals surface area contributed by atoms with E-state index >= 15 is 0 Å². The SMILES string of the molecule is O=c1cn[nH]c2c(C(F)F)cc(F)cc12. The molecular weight excluding hydrogens is 209 g/mol. The molecule has 6 heteroatoms. The Kier molecular flexibility index (Phi) is 2.18. The first kappa shape index (κ1) is 9.70. The van der Waals surface area contributed by atoms with Crippen molar-refractivity contribution in [1.82, 2.24) is 10.2 Å². The van der Waals surface area contributed by atoms with E-state index in [4.69, 9.17) is 0 Å². The van der Waals surface area contributed by atoms with Crippen molar-refractivity contribution in [2.45, 2.75) is 6.43 Å². The van der Waals surface area contributed by atoms with E-state index in [1.807, 2.05) is 0 Å². The third kappa shape index (κ3) is 1.58. The summed E-state index contributed by atoms with van der Waals surface area (Å²) < 4.78 is 37.9. The zero-order valence-corrected chi connectivity index (χ0v) is 7.30. The van der Waals surface area contributed by atoms with Crippen LogP contribution in [0.3, 0.4) is 0 Å². The summed E-state index contributed by atoms with van der Waals surface area (Å²) in [6.07, 6.45) is -1.94. The van der Waals surface area contributed by atoms with Crippen LogP contribution in [0.2, 0.25) is 0 Å². The van der Waals surface area contributed by atoms with Crippen LogP contribution < -0.4 is 5.43 Å². The third-order valence-corrected chi connectivity index (χ3v) is 1.99. The van der Waals surface area contributed by atoms with Gasteiger partial charge in [0.25, 0.3) is 6.43 Å². The van der Waals surface area contributed by atoms with E-state index in [0.717, 1.165) is 12.3 Å². The quantitative estimate of drug-likeness (QED) is 0.789. The summed E-state index contributed by atoms with van der Waals surface area (Å²) in [4.78, 5) is 11.2. The van der Waals surface area contributed by atoms with Crippen LogP contribution in [0, 0.1) is 5.82 Å². The lowest BCUT2D eigenvalue weighted by Crippen LogP contribution is -2.05. The highest BCUT2D eigenvalue weighted by Gasteiger charge is 2.15. The molecule has 0 radical (unpaired) electrons. The summed E-state index contributed by atoms with van der Waals surface area (Å²) in [6, 6.07) is 1.59. The number of nitrogens with one attached hydrogen (secondary N) is 1. The molecule has 0 fully saturated rings. The molecule has 2 rings (SSSR count). The van der Waals surface area contributed by atoms with Crippen molar-refractivity contribution in [1.29, 1.82) is 0 Å². The molecule has 78 valence electrons. The van der Waals surface area contributed by atoms with Gasteiger partial charge in [0, 0.05) is 5.56 Å². The van der Waals surface area contributed by atoms with E-state index in [0.29, 0.717) is 6.07 Å². The zero-order chi connectivity index (χ0) is 11.0. The van der Waals surface area contributed by atoms with Crippen molar-refractivity contribution in [3.63, 3.8) is 0 Å². The number of aromatic nitrogens is 2. The lowest BCUT2D eigenvalue weighted by Gasteiger charge is -2.04. The van der Waals surface area contributed by atoms with Crippen LogP contribution in [0.1, 0.15) is 12.0 Å². The van der Waals surface area contributed by atoms with Gasteiger partial charge >= 0.3 is 0 Å². The number of halogens is 3. The Balaban J connectivity index is 2.93. The van der Waals surface area contributed by atoms with E-state index in [2.05, 4.69) is 10.2 Å². The molecule has 0 amide bonds. The van der Waals surface area contributed by atoms with Crippen LogP contribution in [0.25, 0.3) is 10.9 Å². The summed E-state index contributed by atoms with van der Waals surface area (Å²) in [6.45, 7) is 0. The molecule has 1 aromatic carbocycles. The molecule has 1 N–H and O–H groups in total. The van der Waals surface area contributed by atoms with Gasteiger partial charge in [-0.2, -0.15) is 5.10 Å². The summed E-state index contributed by atoms with van der Waals surface area (Å²) in [5.74, 6) is -0.866. The van der Waals surface area contributed by atoms with Crippen LogP contribution in [-0.2, 0) is 0 Å². The zero-order valence-electron chi connectivity index (χ0n) is 7.30. The Morgan fingerprint density at radius 3 is 2.73 bits per heavy atom. The lowest BCUT2D eigenvalue weighted by atomic mass is 10.1. The van der Waals surface area contributed by atoms with Crippen molar-refractivity contribution < 1.29 is 13.2 Å². The number of H-pyrrole nitrogens is 1. The topological polar surface area (TPSA) is 45.8 Å². The number of rotatable bonds is 1. The molecule has 2 aromatic rings. The smallest absolute Gasteiger partial charge is 0.266 e. The Morgan fingerprint density at radius 1 is 1.33 bits per heavy atom. The maximum Gasteiger partial charge on any atom is 0.266 e. The van der Waals surface area contributed by atoms with Gasteiger partial charge in [-0.05, 0) is 12.1 Å². The van der Waals surface area contributed by atoms with E-state index in [1.54, 1.807) is 0 Å². The lowest BCUT2D eigenvalue weighted by molar-refractivity contribution is 0.152. The predicted octanol–water partition coefficient (Wildman–Crippen LogP) is 2.00. The Bertz CT molecular complexity index is 565. The molecule has 0 aliphatic carbocycles. The number of hydrogen-bond donors (Lipinski definition) is 1. The van der Waals surface area contributed by atoms with Crippen molar-refractivity contribution in [2.24, 2.45) is 0 Å². The van der Waals surface area contributed by atoms with Crippen molar-refractivity contribution in [3.8, 4) is 0 Å². The third-order valence-electron chi connectivity index (χ3n) is 1.99. The number of aromatic amines is 1. The second kappa shape index (κ2) is 3.38. The molecule has 3 nitrogen and oxygen atoms in total. The molecule has 0 bridgehead atoms. The molecule has 0 saturated carbocycles. The van der Waals surface area contributed by atoms with Crippen LogP contribution >= 0.6 is 0 Å². The normalized spacial score (nSPS) is 11.2. The van der Waals surface area contributed by atoms with Gasteiger partial charge < -0.3 is 0 Å². The fourth-order valence-electron chi connectivity index (χ4n) is 1.34.